The predicted octanol–water partition coefficient (Wildman–Crippen LogP) is 4.87. The summed E-state index contributed by atoms with van der Waals surface area (Å²) in [5.41, 5.74) is 0.200. The van der Waals surface area contributed by atoms with Crippen molar-refractivity contribution in [1.82, 2.24) is 4.98 Å². The Morgan fingerprint density at radius 2 is 2.08 bits per heavy atom. The Labute approximate surface area is 167 Å². The summed E-state index contributed by atoms with van der Waals surface area (Å²) in [6.45, 7) is 1.38. The van der Waals surface area contributed by atoms with Crippen molar-refractivity contribution in [2.75, 3.05) is 5.32 Å². The third-order valence-electron chi connectivity index (χ3n) is 3.07. The molecule has 0 aliphatic heterocycles. The fourth-order valence-corrected chi connectivity index (χ4v) is 2.60. The lowest BCUT2D eigenvalue weighted by atomic mass is 10.2. The molecule has 0 aliphatic carbocycles. The minimum Gasteiger partial charge on any atom is -0.449 e. The molecule has 1 heterocycles. The molecule has 0 saturated heterocycles. The van der Waals surface area contributed by atoms with E-state index in [9.17, 15) is 14.0 Å². The van der Waals surface area contributed by atoms with E-state index in [1.807, 2.05) is 0 Å². The second-order valence-corrected chi connectivity index (χ2v) is 6.81. The molecule has 5 nitrogen and oxygen atoms in total. The number of amides is 1. The summed E-state index contributed by atoms with van der Waals surface area (Å²) >= 11 is 14.8. The molecule has 0 aliphatic rings. The number of nitrogens with zero attached hydrogens (tertiary/aromatic N) is 1. The summed E-state index contributed by atoms with van der Waals surface area (Å²) in [6.07, 6.45) is 2.48. The quantitative estimate of drug-likeness (QED) is 0.509. The van der Waals surface area contributed by atoms with Crippen LogP contribution in [0, 0.1) is 5.82 Å². The van der Waals surface area contributed by atoms with Crippen LogP contribution in [0.15, 0.2) is 41.0 Å². The molecule has 1 atom stereocenters. The van der Waals surface area contributed by atoms with Crippen molar-refractivity contribution in [2.24, 2.45) is 0 Å². The normalized spacial score (nSPS) is 12.0. The molecular weight excluding hydrogens is 450 g/mol. The van der Waals surface area contributed by atoms with Crippen molar-refractivity contribution in [3.8, 4) is 0 Å². The number of pyridine rings is 1. The Morgan fingerprint density at radius 3 is 2.77 bits per heavy atom. The summed E-state index contributed by atoms with van der Waals surface area (Å²) in [4.78, 5) is 27.7. The third-order valence-corrected chi connectivity index (χ3v) is 4.06. The van der Waals surface area contributed by atoms with Gasteiger partial charge in [-0.1, -0.05) is 39.1 Å². The van der Waals surface area contributed by atoms with E-state index in [2.05, 4.69) is 26.2 Å². The second-order valence-electron chi connectivity index (χ2n) is 5.05. The van der Waals surface area contributed by atoms with E-state index < -0.39 is 23.8 Å². The molecule has 1 unspecified atom stereocenters. The van der Waals surface area contributed by atoms with Gasteiger partial charge in [0.1, 0.15) is 5.82 Å². The standard InChI is InChI=1S/C17H12BrCl2FN2O3/c1-9(17(25)23-16-13(20)7-12(19)8-22-16)26-15(24)5-2-10-6-11(18)3-4-14(10)21/h2-9H,1H3,(H,22,23,25)/b5-2+. The van der Waals surface area contributed by atoms with E-state index in [-0.39, 0.29) is 16.4 Å². The molecule has 0 fully saturated rings. The van der Waals surface area contributed by atoms with Gasteiger partial charge in [0.05, 0.1) is 10.0 Å². The Balaban J connectivity index is 1.96. The zero-order valence-electron chi connectivity index (χ0n) is 13.3. The number of rotatable bonds is 5. The molecule has 1 aromatic heterocycles. The highest BCUT2D eigenvalue weighted by Gasteiger charge is 2.18. The number of ether oxygens (including phenoxy) is 1. The molecule has 1 amide bonds. The van der Waals surface area contributed by atoms with Crippen LogP contribution in [0.4, 0.5) is 10.2 Å². The number of aromatic nitrogens is 1. The minimum atomic E-state index is -1.12. The highest BCUT2D eigenvalue weighted by molar-refractivity contribution is 9.10. The van der Waals surface area contributed by atoms with Crippen molar-refractivity contribution < 1.29 is 18.7 Å². The number of esters is 1. The lowest BCUT2D eigenvalue weighted by molar-refractivity contribution is -0.148. The Bertz CT molecular complexity index is 877. The molecule has 0 spiro atoms. The molecule has 0 saturated carbocycles. The zero-order valence-corrected chi connectivity index (χ0v) is 16.4. The maximum absolute atomic E-state index is 13.6. The van der Waals surface area contributed by atoms with E-state index in [1.165, 1.54) is 43.5 Å². The van der Waals surface area contributed by atoms with Crippen LogP contribution in [-0.4, -0.2) is 23.0 Å². The fourth-order valence-electron chi connectivity index (χ4n) is 1.79. The molecule has 136 valence electrons. The van der Waals surface area contributed by atoms with Crippen molar-refractivity contribution >= 4 is 62.9 Å². The monoisotopic (exact) mass is 460 g/mol. The van der Waals surface area contributed by atoms with Crippen molar-refractivity contribution in [3.05, 3.63) is 62.4 Å². The predicted molar refractivity (Wildman–Crippen MR) is 102 cm³/mol. The van der Waals surface area contributed by atoms with Gasteiger partial charge in [-0.25, -0.2) is 14.2 Å². The van der Waals surface area contributed by atoms with Gasteiger partial charge in [0.15, 0.2) is 11.9 Å². The van der Waals surface area contributed by atoms with Gasteiger partial charge in [-0.05, 0) is 37.3 Å². The zero-order chi connectivity index (χ0) is 19.3. The molecule has 1 aromatic carbocycles. The Hall–Kier alpha value is -1.96. The van der Waals surface area contributed by atoms with Crippen molar-refractivity contribution in [1.29, 1.82) is 0 Å². The SMILES string of the molecule is CC(OC(=O)/C=C/c1cc(Br)ccc1F)C(=O)Nc1ncc(Cl)cc1Cl. The van der Waals surface area contributed by atoms with Crippen LogP contribution in [0.25, 0.3) is 6.08 Å². The number of benzene rings is 1. The minimum absolute atomic E-state index is 0.0933. The summed E-state index contributed by atoms with van der Waals surface area (Å²) in [7, 11) is 0. The van der Waals surface area contributed by atoms with Gasteiger partial charge in [0.2, 0.25) is 0 Å². The van der Waals surface area contributed by atoms with E-state index in [4.69, 9.17) is 27.9 Å². The van der Waals surface area contributed by atoms with E-state index >= 15 is 0 Å². The van der Waals surface area contributed by atoms with Crippen LogP contribution in [0.1, 0.15) is 12.5 Å². The van der Waals surface area contributed by atoms with Crippen LogP contribution in [0.5, 0.6) is 0 Å². The highest BCUT2D eigenvalue weighted by atomic mass is 79.9. The summed E-state index contributed by atoms with van der Waals surface area (Å²) in [5.74, 6) is -1.83. The van der Waals surface area contributed by atoms with Crippen molar-refractivity contribution in [3.63, 3.8) is 0 Å². The molecule has 1 N–H and O–H groups in total. The fraction of sp³-hybridized carbons (Fsp3) is 0.118. The Morgan fingerprint density at radius 1 is 1.35 bits per heavy atom. The van der Waals surface area contributed by atoms with E-state index in [0.717, 1.165) is 6.08 Å². The van der Waals surface area contributed by atoms with Crippen LogP contribution in [0.3, 0.4) is 0 Å². The maximum Gasteiger partial charge on any atom is 0.331 e. The van der Waals surface area contributed by atoms with Gasteiger partial charge in [0.25, 0.3) is 5.91 Å². The van der Waals surface area contributed by atoms with Crippen LogP contribution in [0.2, 0.25) is 10.0 Å². The van der Waals surface area contributed by atoms with Gasteiger partial charge in [-0.3, -0.25) is 4.79 Å². The number of carbonyl (C=O) groups excluding carboxylic acids is 2. The summed E-state index contributed by atoms with van der Waals surface area (Å²) in [6, 6.07) is 5.71. The van der Waals surface area contributed by atoms with Gasteiger partial charge in [-0.2, -0.15) is 0 Å². The van der Waals surface area contributed by atoms with Gasteiger partial charge in [0, 0.05) is 22.3 Å². The van der Waals surface area contributed by atoms with Gasteiger partial charge in [-0.15, -0.1) is 0 Å². The van der Waals surface area contributed by atoms with Gasteiger partial charge < -0.3 is 10.1 Å². The first-order valence-electron chi connectivity index (χ1n) is 7.22. The van der Waals surface area contributed by atoms with Crippen LogP contribution < -0.4 is 5.32 Å². The number of hydrogen-bond donors (Lipinski definition) is 1. The van der Waals surface area contributed by atoms with Gasteiger partial charge >= 0.3 is 5.97 Å². The number of hydrogen-bond acceptors (Lipinski definition) is 4. The first-order chi connectivity index (χ1) is 12.3. The molecule has 2 aromatic rings. The second kappa shape index (κ2) is 9.12. The number of carbonyl (C=O) groups is 2. The first kappa shape index (κ1) is 20.4. The molecule has 0 bridgehead atoms. The highest BCUT2D eigenvalue weighted by Crippen LogP contribution is 2.22. The maximum atomic E-state index is 13.6. The topological polar surface area (TPSA) is 68.3 Å². The number of anilines is 1. The average molecular weight is 462 g/mol. The average Bonchev–Trinajstić information content (AvgIpc) is 2.58. The Kier molecular flexibility index (Phi) is 7.14. The first-order valence-corrected chi connectivity index (χ1v) is 8.77. The molecular formula is C17H12BrCl2FN2O3. The molecule has 2 rings (SSSR count). The lowest BCUT2D eigenvalue weighted by Crippen LogP contribution is -2.29. The van der Waals surface area contributed by atoms with E-state index in [0.29, 0.717) is 9.50 Å². The van der Waals surface area contributed by atoms with E-state index in [1.54, 1.807) is 0 Å². The molecule has 9 heteroatoms. The van der Waals surface area contributed by atoms with Crippen molar-refractivity contribution in [2.45, 2.75) is 13.0 Å². The molecule has 0 radical (unpaired) electrons. The smallest absolute Gasteiger partial charge is 0.331 e. The third kappa shape index (κ3) is 5.79. The lowest BCUT2D eigenvalue weighted by Gasteiger charge is -2.12. The van der Waals surface area contributed by atoms with Crippen LogP contribution in [-0.2, 0) is 14.3 Å². The number of halogens is 4. The number of nitrogens with one attached hydrogen (secondary N) is 1. The molecule has 26 heavy (non-hydrogen) atoms. The summed E-state index contributed by atoms with van der Waals surface area (Å²) < 4.78 is 19.2. The largest absolute Gasteiger partial charge is 0.449 e. The van der Waals surface area contributed by atoms with Crippen LogP contribution >= 0.6 is 39.1 Å². The summed E-state index contributed by atoms with van der Waals surface area (Å²) in [5, 5.41) is 2.89.